The van der Waals surface area contributed by atoms with Crippen molar-refractivity contribution >= 4 is 70.1 Å². The van der Waals surface area contributed by atoms with Gasteiger partial charge >= 0.3 is 47.4 Å². The molecule has 0 heterocycles. The van der Waals surface area contributed by atoms with Gasteiger partial charge in [-0.15, -0.1) is 21.0 Å². The SMILES string of the molecule is O=P(O)(O)F.O=P(O)(O)F.O=P(O)(O)F.O=P(O)(O)F.O=P(O)(O)F.O=P([O-])(O)F.c1ccc(Sc2ccc([S+](c3ccccc3)c3ccccc3)cc2)cc1. The van der Waals surface area contributed by atoms with Crippen LogP contribution in [0.15, 0.2) is 140 Å². The molecule has 4 aromatic carbocycles. The average Bonchev–Trinajstić information content (AvgIpc) is 2.95. The van der Waals surface area contributed by atoms with Crippen LogP contribution in [-0.2, 0) is 38.3 Å². The Hall–Kier alpha value is -1.94. The van der Waals surface area contributed by atoms with E-state index in [1.165, 1.54) is 24.5 Å². The van der Waals surface area contributed by atoms with E-state index in [1.807, 2.05) is 0 Å². The van der Waals surface area contributed by atoms with Crippen LogP contribution in [0.4, 0.5) is 25.2 Å². The third-order valence-corrected chi connectivity index (χ3v) is 7.24. The molecule has 0 aliphatic rings. The molecule has 0 radical (unpaired) electrons. The monoisotopic (exact) mass is 970 g/mol. The van der Waals surface area contributed by atoms with E-state index in [2.05, 4.69) is 115 Å². The second kappa shape index (κ2) is 27.7. The van der Waals surface area contributed by atoms with Crippen LogP contribution >= 0.6 is 59.2 Å². The Morgan fingerprint density at radius 2 is 0.554 bits per heavy atom. The summed E-state index contributed by atoms with van der Waals surface area (Å²) in [6.45, 7) is 0. The van der Waals surface area contributed by atoms with Gasteiger partial charge in [0.2, 0.25) is 0 Å². The third-order valence-electron chi connectivity index (χ3n) is 4.00. The van der Waals surface area contributed by atoms with E-state index in [0.29, 0.717) is 0 Å². The number of hydrogen-bond acceptors (Lipinski definition) is 8. The van der Waals surface area contributed by atoms with E-state index in [9.17, 15) is 25.2 Å². The topological polar surface area (TPSA) is 348 Å². The summed E-state index contributed by atoms with van der Waals surface area (Å²) in [6, 6.07) is 41.1. The van der Waals surface area contributed by atoms with Gasteiger partial charge in [-0.1, -0.05) is 66.4 Å². The Kier molecular flexibility index (Phi) is 28.9. The zero-order valence-corrected chi connectivity index (χ0v) is 34.0. The molecule has 4 rings (SSSR count). The van der Waals surface area contributed by atoms with Crippen LogP contribution in [0.2, 0.25) is 0 Å². The minimum Gasteiger partial charge on any atom is -0.753 e. The summed E-state index contributed by atoms with van der Waals surface area (Å²) in [4.78, 5) is 91.6. The van der Waals surface area contributed by atoms with Gasteiger partial charge in [0.15, 0.2) is 14.7 Å². The lowest BCUT2D eigenvalue weighted by molar-refractivity contribution is -0.206. The second-order valence-electron chi connectivity index (χ2n) is 8.63. The maximum Gasteiger partial charge on any atom is 0.507 e. The second-order valence-corrected chi connectivity index (χ2v) is 17.4. The molecule has 11 N–H and O–H groups in total. The van der Waals surface area contributed by atoms with Crippen molar-refractivity contribution in [2.45, 2.75) is 24.5 Å². The molecular formula is C24H30F6O18P6S2. The van der Waals surface area contributed by atoms with Crippen molar-refractivity contribution in [3.63, 3.8) is 0 Å². The minimum absolute atomic E-state index is 0.0786. The van der Waals surface area contributed by atoms with Gasteiger partial charge in [-0.05, 0) is 60.7 Å². The molecule has 1 unspecified atom stereocenters. The number of hydrogen-bond donors (Lipinski definition) is 11. The molecule has 0 saturated heterocycles. The maximum atomic E-state index is 10.4. The Morgan fingerprint density at radius 3 is 0.786 bits per heavy atom. The van der Waals surface area contributed by atoms with E-state index < -0.39 is 47.4 Å². The molecule has 18 nitrogen and oxygen atoms in total. The lowest BCUT2D eigenvalue weighted by Gasteiger charge is -2.08. The number of rotatable bonds is 5. The predicted molar refractivity (Wildman–Crippen MR) is 189 cm³/mol. The number of benzene rings is 4. The molecular weight excluding hydrogens is 940 g/mol. The molecule has 0 aromatic heterocycles. The van der Waals surface area contributed by atoms with Gasteiger partial charge in [-0.3, -0.25) is 53.5 Å². The zero-order valence-electron chi connectivity index (χ0n) is 27.0. The Morgan fingerprint density at radius 1 is 0.375 bits per heavy atom. The van der Waals surface area contributed by atoms with Crippen LogP contribution < -0.4 is 4.89 Å². The summed E-state index contributed by atoms with van der Waals surface area (Å²) in [5.74, 6) is 0. The normalized spacial score (nSPS) is 12.2. The molecule has 0 aliphatic carbocycles. The molecule has 0 aliphatic heterocycles. The van der Waals surface area contributed by atoms with Crippen LogP contribution in [0.3, 0.4) is 0 Å². The lowest BCUT2D eigenvalue weighted by Crippen LogP contribution is -2.04. The van der Waals surface area contributed by atoms with Gasteiger partial charge in [0.25, 0.3) is 0 Å². The fraction of sp³-hybridized carbons (Fsp3) is 0. The molecule has 0 saturated carbocycles. The first kappa shape index (κ1) is 58.4. The Bertz CT molecular complexity index is 1700. The highest BCUT2D eigenvalue weighted by atomic mass is 32.2. The zero-order chi connectivity index (χ0) is 44.6. The first-order chi connectivity index (χ1) is 24.9. The van der Waals surface area contributed by atoms with E-state index in [1.54, 1.807) is 11.8 Å². The molecule has 0 amide bonds. The van der Waals surface area contributed by atoms with Crippen LogP contribution in [0.25, 0.3) is 0 Å². The molecule has 0 fully saturated rings. The third kappa shape index (κ3) is 58.8. The molecule has 318 valence electrons. The smallest absolute Gasteiger partial charge is 0.507 e. The standard InChI is InChI=1S/C24H19S2.6FH2O3P/c1-4-10-20(11-5-1)25-21-16-18-24(19-17-21)26(22-12-6-2-7-13-22)23-14-8-3-9-15-23;6*1-5(2,3)4/h1-19H;6*(H2,2,3,4)/q+1;;;;;;/p-1. The summed E-state index contributed by atoms with van der Waals surface area (Å²) in [5, 5.41) is 0. The van der Waals surface area contributed by atoms with Gasteiger partial charge in [-0.2, -0.15) is 4.20 Å². The minimum atomic E-state index is -5.39. The molecule has 1 atom stereocenters. The summed E-state index contributed by atoms with van der Waals surface area (Å²) in [7, 11) is -31.2. The van der Waals surface area contributed by atoms with Crippen molar-refractivity contribution < 1.29 is 111 Å². The average molecular weight is 970 g/mol. The van der Waals surface area contributed by atoms with E-state index in [-0.39, 0.29) is 10.9 Å². The van der Waals surface area contributed by atoms with E-state index >= 15 is 0 Å². The fourth-order valence-electron chi connectivity index (χ4n) is 2.79. The van der Waals surface area contributed by atoms with Crippen LogP contribution in [0.5, 0.6) is 0 Å². The Labute approximate surface area is 320 Å². The fourth-order valence-corrected chi connectivity index (χ4v) is 5.71. The number of halogens is 6. The van der Waals surface area contributed by atoms with E-state index in [4.69, 9.17) is 86.1 Å². The van der Waals surface area contributed by atoms with Crippen molar-refractivity contribution in [2.75, 3.05) is 0 Å². The molecule has 32 heteroatoms. The highest BCUT2D eigenvalue weighted by Crippen LogP contribution is 2.37. The molecule has 56 heavy (non-hydrogen) atoms. The van der Waals surface area contributed by atoms with Crippen molar-refractivity contribution in [3.05, 3.63) is 115 Å². The van der Waals surface area contributed by atoms with Crippen molar-refractivity contribution in [1.29, 1.82) is 0 Å². The molecule has 4 aromatic rings. The highest BCUT2D eigenvalue weighted by Gasteiger charge is 2.28. The van der Waals surface area contributed by atoms with Crippen LogP contribution in [0, 0.1) is 0 Å². The first-order valence-electron chi connectivity index (χ1n) is 13.1. The largest absolute Gasteiger partial charge is 0.753 e. The summed E-state index contributed by atoms with van der Waals surface area (Å²) < 4.78 is 114. The van der Waals surface area contributed by atoms with E-state index in [0.717, 1.165) is 0 Å². The summed E-state index contributed by atoms with van der Waals surface area (Å²) in [5.41, 5.74) is 0. The predicted octanol–water partition coefficient (Wildman–Crippen LogP) is 6.59. The van der Waals surface area contributed by atoms with Crippen molar-refractivity contribution in [2.24, 2.45) is 0 Å². The van der Waals surface area contributed by atoms with Crippen molar-refractivity contribution in [3.8, 4) is 0 Å². The molecule has 0 bridgehead atoms. The quantitative estimate of drug-likeness (QED) is 0.0570. The Balaban J connectivity index is -0.000000762. The van der Waals surface area contributed by atoms with Crippen molar-refractivity contribution in [1.82, 2.24) is 0 Å². The summed E-state index contributed by atoms with van der Waals surface area (Å²) >= 11 is 1.80. The van der Waals surface area contributed by atoms with Gasteiger partial charge in [0.1, 0.15) is 0 Å². The highest BCUT2D eigenvalue weighted by molar-refractivity contribution is 7.99. The van der Waals surface area contributed by atoms with Crippen LogP contribution in [0.1, 0.15) is 0 Å². The van der Waals surface area contributed by atoms with Gasteiger partial charge in [0.05, 0.1) is 10.9 Å². The molecule has 0 spiro atoms. The lowest BCUT2D eigenvalue weighted by atomic mass is 10.3. The first-order valence-corrected chi connectivity index (χ1v) is 24.1. The van der Waals surface area contributed by atoms with Gasteiger partial charge < -0.3 is 9.79 Å². The van der Waals surface area contributed by atoms with Gasteiger partial charge in [-0.25, -0.2) is 22.8 Å². The van der Waals surface area contributed by atoms with Crippen LogP contribution in [-0.4, -0.2) is 53.8 Å². The maximum absolute atomic E-state index is 10.4. The van der Waals surface area contributed by atoms with Gasteiger partial charge in [0, 0.05) is 9.79 Å². The summed E-state index contributed by atoms with van der Waals surface area (Å²) in [6.07, 6.45) is 0.